The van der Waals surface area contributed by atoms with Gasteiger partial charge in [-0.15, -0.1) is 0 Å². The van der Waals surface area contributed by atoms with E-state index in [-0.39, 0.29) is 12.3 Å². The van der Waals surface area contributed by atoms with Crippen molar-refractivity contribution in [2.45, 2.75) is 25.6 Å². The normalized spacial score (nSPS) is 19.8. The topological polar surface area (TPSA) is 71.0 Å². The molecular weight excluding hydrogens is 410 g/mol. The van der Waals surface area contributed by atoms with Crippen LogP contribution in [-0.4, -0.2) is 25.4 Å². The van der Waals surface area contributed by atoms with Gasteiger partial charge in [-0.1, -0.05) is 60.2 Å². The van der Waals surface area contributed by atoms with Crippen molar-refractivity contribution in [3.05, 3.63) is 95.1 Å². The van der Waals surface area contributed by atoms with Crippen molar-refractivity contribution in [3.63, 3.8) is 0 Å². The maximum Gasteiger partial charge on any atom is 0.229 e. The Morgan fingerprint density at radius 2 is 1.81 bits per heavy atom. The average Bonchev–Trinajstić information content (AvgIpc) is 3.19. The monoisotopic (exact) mass is 433 g/mol. The van der Waals surface area contributed by atoms with E-state index in [2.05, 4.69) is 42.0 Å². The highest BCUT2D eigenvalue weighted by molar-refractivity contribution is 7.92. The number of hydrogen-bond donors (Lipinski definition) is 1. The minimum atomic E-state index is -3.35. The fourth-order valence-electron chi connectivity index (χ4n) is 4.14. The van der Waals surface area contributed by atoms with Crippen LogP contribution in [0.3, 0.4) is 0 Å². The lowest BCUT2D eigenvalue weighted by atomic mass is 9.95. The van der Waals surface area contributed by atoms with Crippen molar-refractivity contribution in [3.8, 4) is 5.75 Å². The third-order valence-electron chi connectivity index (χ3n) is 5.56. The number of nitrogens with zero attached hydrogens (tertiary/aromatic N) is 2. The predicted octanol–water partition coefficient (Wildman–Crippen LogP) is 4.61. The molecule has 5 rings (SSSR count). The van der Waals surface area contributed by atoms with Crippen LogP contribution in [0.25, 0.3) is 0 Å². The summed E-state index contributed by atoms with van der Waals surface area (Å²) in [5.41, 5.74) is 5.66. The summed E-state index contributed by atoms with van der Waals surface area (Å²) in [5, 5.41) is 6.97. The molecule has 0 fully saturated rings. The molecule has 0 aromatic heterocycles. The van der Waals surface area contributed by atoms with Crippen LogP contribution in [0, 0.1) is 6.92 Å². The summed E-state index contributed by atoms with van der Waals surface area (Å²) in [7, 11) is -3.35. The number of hydrazone groups is 1. The Morgan fingerprint density at radius 3 is 2.58 bits per heavy atom. The zero-order chi connectivity index (χ0) is 21.6. The molecule has 2 aliphatic heterocycles. The molecule has 31 heavy (non-hydrogen) atoms. The highest BCUT2D eigenvalue weighted by Crippen LogP contribution is 2.47. The number of ether oxygens (including phenoxy) is 1. The Bertz CT molecular complexity index is 1270. The van der Waals surface area contributed by atoms with Crippen molar-refractivity contribution in [2.75, 3.05) is 11.0 Å². The SMILES string of the molecule is Cc1ccc([C@H]2Oc3ccccc3[C@@H]3CC(c4cccc(NS(C)(=O)=O)c4)=NN23)cc1. The van der Waals surface area contributed by atoms with Crippen molar-refractivity contribution in [2.24, 2.45) is 5.10 Å². The molecule has 2 heterocycles. The second-order valence-electron chi connectivity index (χ2n) is 8.02. The van der Waals surface area contributed by atoms with Gasteiger partial charge in [-0.25, -0.2) is 13.4 Å². The number of benzene rings is 3. The van der Waals surface area contributed by atoms with E-state index in [1.807, 2.05) is 41.4 Å². The number of hydrogen-bond acceptors (Lipinski definition) is 5. The average molecular weight is 434 g/mol. The first-order valence-corrected chi connectivity index (χ1v) is 12.0. The van der Waals surface area contributed by atoms with Crippen LogP contribution in [-0.2, 0) is 10.0 Å². The van der Waals surface area contributed by atoms with Crippen molar-refractivity contribution < 1.29 is 13.2 Å². The molecule has 0 amide bonds. The second-order valence-corrected chi connectivity index (χ2v) is 9.77. The van der Waals surface area contributed by atoms with E-state index >= 15 is 0 Å². The van der Waals surface area contributed by atoms with E-state index in [9.17, 15) is 8.42 Å². The van der Waals surface area contributed by atoms with E-state index in [1.54, 1.807) is 6.07 Å². The van der Waals surface area contributed by atoms with Gasteiger partial charge in [-0.05, 0) is 30.7 Å². The first-order chi connectivity index (χ1) is 14.9. The van der Waals surface area contributed by atoms with Gasteiger partial charge in [-0.3, -0.25) is 4.72 Å². The van der Waals surface area contributed by atoms with Gasteiger partial charge < -0.3 is 4.74 Å². The van der Waals surface area contributed by atoms with Gasteiger partial charge in [0, 0.05) is 23.2 Å². The van der Waals surface area contributed by atoms with Crippen LogP contribution in [0.4, 0.5) is 5.69 Å². The lowest BCUT2D eigenvalue weighted by Crippen LogP contribution is -2.33. The van der Waals surface area contributed by atoms with E-state index in [0.29, 0.717) is 12.1 Å². The van der Waals surface area contributed by atoms with E-state index in [4.69, 9.17) is 9.84 Å². The Morgan fingerprint density at radius 1 is 1.03 bits per heavy atom. The summed E-state index contributed by atoms with van der Waals surface area (Å²) in [4.78, 5) is 0. The molecule has 0 spiro atoms. The largest absolute Gasteiger partial charge is 0.464 e. The Balaban J connectivity index is 1.54. The summed E-state index contributed by atoms with van der Waals surface area (Å²) in [6.07, 6.45) is 1.54. The number of sulfonamides is 1. The van der Waals surface area contributed by atoms with Crippen LogP contribution >= 0.6 is 0 Å². The van der Waals surface area contributed by atoms with Crippen LogP contribution in [0.15, 0.2) is 77.9 Å². The molecule has 2 aliphatic rings. The van der Waals surface area contributed by atoms with Gasteiger partial charge in [0.15, 0.2) is 0 Å². The van der Waals surface area contributed by atoms with Crippen molar-refractivity contribution in [1.82, 2.24) is 5.01 Å². The quantitative estimate of drug-likeness (QED) is 0.652. The highest BCUT2D eigenvalue weighted by Gasteiger charge is 2.40. The summed E-state index contributed by atoms with van der Waals surface area (Å²) in [6, 6.07) is 23.8. The van der Waals surface area contributed by atoms with E-state index < -0.39 is 10.0 Å². The van der Waals surface area contributed by atoms with Gasteiger partial charge in [0.25, 0.3) is 0 Å². The molecule has 6 nitrogen and oxygen atoms in total. The number of aryl methyl sites for hydroxylation is 1. The van der Waals surface area contributed by atoms with Gasteiger partial charge >= 0.3 is 0 Å². The van der Waals surface area contributed by atoms with Gasteiger partial charge in [-0.2, -0.15) is 5.10 Å². The van der Waals surface area contributed by atoms with Crippen molar-refractivity contribution in [1.29, 1.82) is 0 Å². The summed E-state index contributed by atoms with van der Waals surface area (Å²) >= 11 is 0. The molecule has 0 saturated heterocycles. The number of para-hydroxylation sites is 1. The summed E-state index contributed by atoms with van der Waals surface area (Å²) in [6.45, 7) is 2.06. The Labute approximate surface area is 182 Å². The lowest BCUT2D eigenvalue weighted by Gasteiger charge is -2.38. The maximum absolute atomic E-state index is 11.6. The predicted molar refractivity (Wildman–Crippen MR) is 122 cm³/mol. The molecule has 0 unspecified atom stereocenters. The molecule has 0 aliphatic carbocycles. The summed E-state index contributed by atoms with van der Waals surface area (Å²) < 4.78 is 32.2. The van der Waals surface area contributed by atoms with Crippen LogP contribution in [0.1, 0.15) is 40.9 Å². The molecule has 0 bridgehead atoms. The minimum Gasteiger partial charge on any atom is -0.464 e. The highest BCUT2D eigenvalue weighted by atomic mass is 32.2. The zero-order valence-corrected chi connectivity index (χ0v) is 18.1. The molecule has 3 aromatic rings. The van der Waals surface area contributed by atoms with Gasteiger partial charge in [0.1, 0.15) is 5.75 Å². The summed E-state index contributed by atoms with van der Waals surface area (Å²) in [5.74, 6) is 0.873. The number of fused-ring (bicyclic) bond motifs is 3. The number of anilines is 1. The number of rotatable bonds is 4. The van der Waals surface area contributed by atoms with Crippen LogP contribution in [0.2, 0.25) is 0 Å². The molecule has 3 aromatic carbocycles. The zero-order valence-electron chi connectivity index (χ0n) is 17.3. The Kier molecular flexibility index (Phi) is 4.70. The molecule has 158 valence electrons. The third kappa shape index (κ3) is 3.88. The molecule has 0 radical (unpaired) electrons. The molecule has 7 heteroatoms. The second kappa shape index (κ2) is 7.42. The van der Waals surface area contributed by atoms with Gasteiger partial charge in [0.2, 0.25) is 16.3 Å². The Hall–Kier alpha value is -3.32. The maximum atomic E-state index is 11.6. The molecule has 2 atom stereocenters. The molecule has 1 N–H and O–H groups in total. The van der Waals surface area contributed by atoms with Crippen LogP contribution in [0.5, 0.6) is 5.75 Å². The number of nitrogens with one attached hydrogen (secondary N) is 1. The fraction of sp³-hybridized carbons (Fsp3) is 0.208. The van der Waals surface area contributed by atoms with Crippen LogP contribution < -0.4 is 9.46 Å². The standard InChI is InChI=1S/C24H23N3O3S/c1-16-10-12-17(13-11-16)24-27-22(20-8-3-4-9-23(20)30-24)15-21(25-27)18-6-5-7-19(14-18)26-31(2,28)29/h3-14,22,24,26H,15H2,1-2H3/t22-,24+/m0/s1. The van der Waals surface area contributed by atoms with Gasteiger partial charge in [0.05, 0.1) is 18.0 Å². The smallest absolute Gasteiger partial charge is 0.229 e. The molecular formula is C24H23N3O3S. The molecule has 0 saturated carbocycles. The minimum absolute atomic E-state index is 0.0535. The lowest BCUT2D eigenvalue weighted by molar-refractivity contribution is -0.0190. The van der Waals surface area contributed by atoms with E-state index in [1.165, 1.54) is 5.56 Å². The fourth-order valence-corrected chi connectivity index (χ4v) is 4.69. The van der Waals surface area contributed by atoms with E-state index in [0.717, 1.165) is 34.4 Å². The first kappa shape index (κ1) is 19.6. The third-order valence-corrected chi connectivity index (χ3v) is 6.17. The van der Waals surface area contributed by atoms with Crippen molar-refractivity contribution >= 4 is 21.4 Å². The first-order valence-electron chi connectivity index (χ1n) is 10.1.